The summed E-state index contributed by atoms with van der Waals surface area (Å²) < 4.78 is 31.1. The fourth-order valence-corrected chi connectivity index (χ4v) is 1.87. The molecule has 4 nitrogen and oxygen atoms in total. The number of hydrogen-bond donors (Lipinski definition) is 1. The van der Waals surface area contributed by atoms with Gasteiger partial charge in [0.2, 0.25) is 0 Å². The fraction of sp³-hybridized carbons (Fsp3) is 0.176. The van der Waals surface area contributed by atoms with E-state index in [9.17, 15) is 18.4 Å². The zero-order valence-corrected chi connectivity index (χ0v) is 12.4. The molecule has 0 atom stereocenters. The molecule has 0 heterocycles. The lowest BCUT2D eigenvalue weighted by molar-refractivity contribution is -0.146. The molecule has 6 heteroatoms. The third kappa shape index (κ3) is 5.18. The van der Waals surface area contributed by atoms with Gasteiger partial charge in [-0.15, -0.1) is 0 Å². The minimum absolute atomic E-state index is 0.0233. The summed E-state index contributed by atoms with van der Waals surface area (Å²) >= 11 is 0. The van der Waals surface area contributed by atoms with E-state index in [1.807, 2.05) is 0 Å². The number of carbonyl (C=O) groups excluding carboxylic acids is 2. The summed E-state index contributed by atoms with van der Waals surface area (Å²) in [6, 6.07) is 9.75. The summed E-state index contributed by atoms with van der Waals surface area (Å²) in [5.74, 6) is -2.23. The van der Waals surface area contributed by atoms with Gasteiger partial charge in [-0.1, -0.05) is 18.2 Å². The van der Waals surface area contributed by atoms with Gasteiger partial charge in [0, 0.05) is 0 Å². The monoisotopic (exact) mass is 319 g/mol. The van der Waals surface area contributed by atoms with Gasteiger partial charge in [0.25, 0.3) is 5.91 Å². The Morgan fingerprint density at radius 3 is 2.43 bits per heavy atom. The highest BCUT2D eigenvalue weighted by atomic mass is 19.1. The molecule has 0 bridgehead atoms. The third-order valence-corrected chi connectivity index (χ3v) is 3.02. The van der Waals surface area contributed by atoms with Gasteiger partial charge in [-0.05, 0) is 42.3 Å². The predicted octanol–water partition coefficient (Wildman–Crippen LogP) is 3.00. The molecule has 0 saturated carbocycles. The summed E-state index contributed by atoms with van der Waals surface area (Å²) in [5.41, 5.74) is 1.32. The van der Waals surface area contributed by atoms with Crippen LogP contribution in [0.5, 0.6) is 0 Å². The van der Waals surface area contributed by atoms with Gasteiger partial charge in [0.05, 0.1) is 12.1 Å². The molecule has 120 valence electrons. The lowest BCUT2D eigenvalue weighted by atomic mass is 10.1. The number of hydrogen-bond acceptors (Lipinski definition) is 3. The van der Waals surface area contributed by atoms with Crippen molar-refractivity contribution in [1.82, 2.24) is 0 Å². The van der Waals surface area contributed by atoms with Crippen molar-refractivity contribution in [1.29, 1.82) is 0 Å². The number of halogens is 2. The van der Waals surface area contributed by atoms with Gasteiger partial charge >= 0.3 is 5.97 Å². The van der Waals surface area contributed by atoms with Crippen molar-refractivity contribution in [2.24, 2.45) is 0 Å². The fourth-order valence-electron chi connectivity index (χ4n) is 1.87. The second-order valence-electron chi connectivity index (χ2n) is 5.00. The van der Waals surface area contributed by atoms with Gasteiger partial charge < -0.3 is 10.1 Å². The zero-order valence-electron chi connectivity index (χ0n) is 12.4. The van der Waals surface area contributed by atoms with E-state index in [0.29, 0.717) is 5.56 Å². The minimum atomic E-state index is -0.639. The first-order chi connectivity index (χ1) is 10.9. The molecule has 0 saturated heterocycles. The van der Waals surface area contributed by atoms with Gasteiger partial charge in [-0.3, -0.25) is 9.59 Å². The van der Waals surface area contributed by atoms with Crippen molar-refractivity contribution in [2.45, 2.75) is 13.3 Å². The van der Waals surface area contributed by atoms with Crippen LogP contribution >= 0.6 is 0 Å². The van der Waals surface area contributed by atoms with Crippen molar-refractivity contribution in [2.75, 3.05) is 11.9 Å². The second-order valence-corrected chi connectivity index (χ2v) is 5.00. The van der Waals surface area contributed by atoms with E-state index >= 15 is 0 Å². The number of anilines is 1. The molecule has 2 aromatic carbocycles. The second kappa shape index (κ2) is 7.49. The Bertz CT molecular complexity index is 714. The molecule has 23 heavy (non-hydrogen) atoms. The van der Waals surface area contributed by atoms with E-state index in [1.54, 1.807) is 13.0 Å². The minimum Gasteiger partial charge on any atom is -0.455 e. The predicted molar refractivity (Wildman–Crippen MR) is 80.8 cm³/mol. The van der Waals surface area contributed by atoms with Crippen LogP contribution in [0.2, 0.25) is 0 Å². The Morgan fingerprint density at radius 1 is 1.09 bits per heavy atom. The van der Waals surface area contributed by atoms with Crippen LogP contribution in [0.3, 0.4) is 0 Å². The lowest BCUT2D eigenvalue weighted by Crippen LogP contribution is -2.22. The van der Waals surface area contributed by atoms with Crippen LogP contribution in [0.15, 0.2) is 42.5 Å². The van der Waals surface area contributed by atoms with Gasteiger partial charge in [0.15, 0.2) is 6.61 Å². The summed E-state index contributed by atoms with van der Waals surface area (Å²) in [7, 11) is 0. The summed E-state index contributed by atoms with van der Waals surface area (Å²) in [5, 5.41) is 2.32. The van der Waals surface area contributed by atoms with Crippen LogP contribution in [-0.4, -0.2) is 18.5 Å². The Labute approximate surface area is 132 Å². The van der Waals surface area contributed by atoms with Crippen molar-refractivity contribution >= 4 is 17.6 Å². The number of carbonyl (C=O) groups is 2. The van der Waals surface area contributed by atoms with Gasteiger partial charge in [-0.2, -0.15) is 0 Å². The Balaban J connectivity index is 1.81. The molecule has 0 aliphatic carbocycles. The van der Waals surface area contributed by atoms with Crippen LogP contribution in [-0.2, 0) is 20.7 Å². The SMILES string of the molecule is Cc1ccc(NC(=O)COC(=O)Cc2ccc(F)cc2)c(F)c1. The van der Waals surface area contributed by atoms with Crippen LogP contribution in [0.1, 0.15) is 11.1 Å². The number of ether oxygens (including phenoxy) is 1. The highest BCUT2D eigenvalue weighted by Gasteiger charge is 2.11. The van der Waals surface area contributed by atoms with E-state index in [-0.39, 0.29) is 12.1 Å². The van der Waals surface area contributed by atoms with E-state index in [2.05, 4.69) is 5.32 Å². The first-order valence-electron chi connectivity index (χ1n) is 6.90. The van der Waals surface area contributed by atoms with E-state index in [4.69, 9.17) is 4.74 Å². The van der Waals surface area contributed by atoms with Crippen molar-refractivity contribution < 1.29 is 23.1 Å². The molecule has 0 radical (unpaired) electrons. The molecule has 2 rings (SSSR count). The molecule has 2 aromatic rings. The van der Waals surface area contributed by atoms with Gasteiger partial charge in [0.1, 0.15) is 11.6 Å². The molecule has 0 spiro atoms. The normalized spacial score (nSPS) is 10.2. The van der Waals surface area contributed by atoms with Crippen molar-refractivity contribution in [3.63, 3.8) is 0 Å². The molecule has 1 amide bonds. The molecule has 0 aromatic heterocycles. The number of rotatable bonds is 5. The van der Waals surface area contributed by atoms with Crippen molar-refractivity contribution in [3.8, 4) is 0 Å². The van der Waals surface area contributed by atoms with Crippen LogP contribution in [0.4, 0.5) is 14.5 Å². The number of amides is 1. The number of benzene rings is 2. The molecular formula is C17H15F2NO3. The largest absolute Gasteiger partial charge is 0.455 e. The smallest absolute Gasteiger partial charge is 0.310 e. The molecule has 1 N–H and O–H groups in total. The van der Waals surface area contributed by atoms with E-state index in [1.165, 1.54) is 36.4 Å². The molecule has 0 aliphatic rings. The highest BCUT2D eigenvalue weighted by Crippen LogP contribution is 2.15. The summed E-state index contributed by atoms with van der Waals surface area (Å²) in [6.45, 7) is 1.21. The standard InChI is InChI=1S/C17H15F2NO3/c1-11-2-7-15(14(19)8-11)20-16(21)10-23-17(22)9-12-3-5-13(18)6-4-12/h2-8H,9-10H2,1H3,(H,20,21). The van der Waals surface area contributed by atoms with E-state index in [0.717, 1.165) is 5.56 Å². The molecule has 0 fully saturated rings. The van der Waals surface area contributed by atoms with Gasteiger partial charge in [-0.25, -0.2) is 8.78 Å². The zero-order chi connectivity index (χ0) is 16.8. The summed E-state index contributed by atoms with van der Waals surface area (Å²) in [4.78, 5) is 23.2. The Hall–Kier alpha value is -2.76. The molecular weight excluding hydrogens is 304 g/mol. The van der Waals surface area contributed by atoms with Crippen LogP contribution < -0.4 is 5.32 Å². The lowest BCUT2D eigenvalue weighted by Gasteiger charge is -2.08. The quantitative estimate of drug-likeness (QED) is 0.862. The maximum absolute atomic E-state index is 13.6. The maximum Gasteiger partial charge on any atom is 0.310 e. The number of esters is 1. The Kier molecular flexibility index (Phi) is 5.41. The molecule has 0 unspecified atom stereocenters. The Morgan fingerprint density at radius 2 is 1.78 bits per heavy atom. The highest BCUT2D eigenvalue weighted by molar-refractivity contribution is 5.93. The summed E-state index contributed by atoms with van der Waals surface area (Å²) in [6.07, 6.45) is -0.0769. The molecule has 0 aliphatic heterocycles. The topological polar surface area (TPSA) is 55.4 Å². The van der Waals surface area contributed by atoms with E-state index < -0.39 is 30.1 Å². The average Bonchev–Trinajstić information content (AvgIpc) is 2.50. The van der Waals surface area contributed by atoms with Crippen molar-refractivity contribution in [3.05, 3.63) is 65.2 Å². The first-order valence-corrected chi connectivity index (χ1v) is 6.90. The number of nitrogens with one attached hydrogen (secondary N) is 1. The third-order valence-electron chi connectivity index (χ3n) is 3.02. The van der Waals surface area contributed by atoms with Crippen LogP contribution in [0, 0.1) is 18.6 Å². The number of aryl methyl sites for hydroxylation is 1. The van der Waals surface area contributed by atoms with Crippen LogP contribution in [0.25, 0.3) is 0 Å². The maximum atomic E-state index is 13.6. The average molecular weight is 319 g/mol. The first kappa shape index (κ1) is 16.6.